The van der Waals surface area contributed by atoms with Gasteiger partial charge in [-0.15, -0.1) is 0 Å². The van der Waals surface area contributed by atoms with Crippen LogP contribution in [0.2, 0.25) is 0 Å². The third-order valence-corrected chi connectivity index (χ3v) is 5.72. The van der Waals surface area contributed by atoms with Crippen molar-refractivity contribution in [1.82, 2.24) is 25.9 Å². The summed E-state index contributed by atoms with van der Waals surface area (Å²) >= 11 is 0. The van der Waals surface area contributed by atoms with Gasteiger partial charge in [-0.1, -0.05) is 50.6 Å². The minimum Gasteiger partial charge on any atom is -0.480 e. The molecular formula is C24H34N6O5. The van der Waals surface area contributed by atoms with Crippen molar-refractivity contribution in [1.29, 1.82) is 0 Å². The van der Waals surface area contributed by atoms with Gasteiger partial charge in [-0.05, 0) is 18.4 Å². The molecule has 0 aliphatic carbocycles. The van der Waals surface area contributed by atoms with Crippen LogP contribution in [0.4, 0.5) is 0 Å². The molecule has 0 aliphatic rings. The van der Waals surface area contributed by atoms with Crippen LogP contribution in [0.3, 0.4) is 0 Å². The Morgan fingerprint density at radius 1 is 0.971 bits per heavy atom. The molecule has 0 fully saturated rings. The number of nitrogens with zero attached hydrogens (tertiary/aromatic N) is 1. The van der Waals surface area contributed by atoms with Crippen molar-refractivity contribution in [2.24, 2.45) is 11.7 Å². The lowest BCUT2D eigenvalue weighted by atomic mass is 9.96. The predicted octanol–water partition coefficient (Wildman–Crippen LogP) is 0.127. The van der Waals surface area contributed by atoms with Crippen molar-refractivity contribution in [3.05, 3.63) is 54.1 Å². The molecule has 0 radical (unpaired) electrons. The standard InChI is InChI=1S/C24H34N6O5/c1-4-14(2)20(30-21(31)15(3)25)23(33)28-18(10-16-8-6-5-7-9-16)22(32)29-19(24(34)35)11-17-12-26-13-27-17/h5-9,12-15,18-20H,4,10-11,25H2,1-3H3,(H,26,27)(H,28,33)(H,29,32)(H,30,31)(H,34,35). The molecule has 1 aromatic heterocycles. The number of carbonyl (C=O) groups is 4. The number of hydrogen-bond donors (Lipinski definition) is 6. The SMILES string of the molecule is CCC(C)C(NC(=O)C(C)N)C(=O)NC(Cc1ccccc1)C(=O)NC(Cc1cnc[nH]1)C(=O)O. The Labute approximate surface area is 204 Å². The molecule has 0 bridgehead atoms. The van der Waals surface area contributed by atoms with Gasteiger partial charge in [0.15, 0.2) is 0 Å². The number of H-pyrrole nitrogens is 1. The highest BCUT2D eigenvalue weighted by Crippen LogP contribution is 2.11. The van der Waals surface area contributed by atoms with Crippen LogP contribution in [0.15, 0.2) is 42.9 Å². The van der Waals surface area contributed by atoms with E-state index < -0.39 is 47.9 Å². The summed E-state index contributed by atoms with van der Waals surface area (Å²) in [7, 11) is 0. The molecule has 1 aromatic carbocycles. The number of nitrogens with two attached hydrogens (primary N) is 1. The molecule has 2 aromatic rings. The molecule has 2 rings (SSSR count). The summed E-state index contributed by atoms with van der Waals surface area (Å²) in [5, 5.41) is 17.5. The van der Waals surface area contributed by atoms with Gasteiger partial charge in [0.05, 0.1) is 12.4 Å². The minimum atomic E-state index is -1.23. The molecule has 0 saturated heterocycles. The van der Waals surface area contributed by atoms with Crippen LogP contribution >= 0.6 is 0 Å². The maximum atomic E-state index is 13.2. The first kappa shape index (κ1) is 27.5. The molecule has 3 amide bonds. The summed E-state index contributed by atoms with van der Waals surface area (Å²) in [5.41, 5.74) is 6.96. The molecule has 0 aliphatic heterocycles. The largest absolute Gasteiger partial charge is 0.480 e. The average molecular weight is 487 g/mol. The van der Waals surface area contributed by atoms with Crippen LogP contribution in [0.1, 0.15) is 38.4 Å². The van der Waals surface area contributed by atoms with Crippen molar-refractivity contribution in [2.75, 3.05) is 0 Å². The number of imidazole rings is 1. The summed E-state index contributed by atoms with van der Waals surface area (Å²) in [4.78, 5) is 57.1. The molecule has 190 valence electrons. The van der Waals surface area contributed by atoms with E-state index in [-0.39, 0.29) is 18.8 Å². The Balaban J connectivity index is 2.24. The first-order chi connectivity index (χ1) is 16.6. The first-order valence-electron chi connectivity index (χ1n) is 11.5. The molecule has 35 heavy (non-hydrogen) atoms. The topological polar surface area (TPSA) is 179 Å². The Bertz CT molecular complexity index is 980. The molecule has 5 atom stereocenters. The van der Waals surface area contributed by atoms with Crippen molar-refractivity contribution in [3.63, 3.8) is 0 Å². The monoisotopic (exact) mass is 486 g/mol. The quantitative estimate of drug-likeness (QED) is 0.233. The number of aliphatic carboxylic acids is 1. The fourth-order valence-corrected chi connectivity index (χ4v) is 3.40. The summed E-state index contributed by atoms with van der Waals surface area (Å²) in [6, 6.07) is 5.00. The van der Waals surface area contributed by atoms with Gasteiger partial charge < -0.3 is 31.8 Å². The molecule has 5 unspecified atom stereocenters. The molecule has 0 spiro atoms. The fourth-order valence-electron chi connectivity index (χ4n) is 3.40. The molecule has 11 nitrogen and oxygen atoms in total. The van der Waals surface area contributed by atoms with Gasteiger partial charge in [0.1, 0.15) is 18.1 Å². The number of benzene rings is 1. The highest BCUT2D eigenvalue weighted by Gasteiger charge is 2.32. The highest BCUT2D eigenvalue weighted by atomic mass is 16.4. The first-order valence-corrected chi connectivity index (χ1v) is 11.5. The number of aromatic nitrogens is 2. The van der Waals surface area contributed by atoms with E-state index in [0.29, 0.717) is 12.1 Å². The van der Waals surface area contributed by atoms with Crippen molar-refractivity contribution in [2.45, 2.75) is 64.2 Å². The van der Waals surface area contributed by atoms with Gasteiger partial charge in [0, 0.05) is 24.7 Å². The third-order valence-electron chi connectivity index (χ3n) is 5.72. The minimum absolute atomic E-state index is 0.00693. The van der Waals surface area contributed by atoms with Crippen molar-refractivity contribution >= 4 is 23.7 Å². The van der Waals surface area contributed by atoms with Gasteiger partial charge in [0.2, 0.25) is 17.7 Å². The second-order valence-electron chi connectivity index (χ2n) is 8.59. The molecule has 1 heterocycles. The fraction of sp³-hybridized carbons (Fsp3) is 0.458. The predicted molar refractivity (Wildman–Crippen MR) is 129 cm³/mol. The number of amides is 3. The number of carboxylic acids is 1. The van der Waals surface area contributed by atoms with Crippen LogP contribution in [0, 0.1) is 5.92 Å². The second kappa shape index (κ2) is 13.2. The van der Waals surface area contributed by atoms with Crippen LogP contribution in [-0.4, -0.2) is 62.9 Å². The van der Waals surface area contributed by atoms with Gasteiger partial charge in [0.25, 0.3) is 0 Å². The van der Waals surface area contributed by atoms with E-state index in [1.807, 2.05) is 19.9 Å². The Morgan fingerprint density at radius 3 is 2.17 bits per heavy atom. The Morgan fingerprint density at radius 2 is 1.63 bits per heavy atom. The Hall–Kier alpha value is -3.73. The normalized spacial score (nSPS) is 15.2. The van der Waals surface area contributed by atoms with Gasteiger partial charge in [-0.2, -0.15) is 0 Å². The van der Waals surface area contributed by atoms with E-state index in [9.17, 15) is 24.3 Å². The van der Waals surface area contributed by atoms with Crippen LogP contribution in [-0.2, 0) is 32.0 Å². The highest BCUT2D eigenvalue weighted by molar-refractivity contribution is 5.94. The molecule has 0 saturated carbocycles. The maximum absolute atomic E-state index is 13.2. The van der Waals surface area contributed by atoms with E-state index >= 15 is 0 Å². The zero-order chi connectivity index (χ0) is 26.0. The van der Waals surface area contributed by atoms with Crippen LogP contribution in [0.25, 0.3) is 0 Å². The summed E-state index contributed by atoms with van der Waals surface area (Å²) < 4.78 is 0. The zero-order valence-electron chi connectivity index (χ0n) is 20.2. The maximum Gasteiger partial charge on any atom is 0.326 e. The van der Waals surface area contributed by atoms with E-state index in [1.165, 1.54) is 19.4 Å². The molecule has 11 heteroatoms. The lowest BCUT2D eigenvalue weighted by Crippen LogP contribution is -2.59. The van der Waals surface area contributed by atoms with E-state index in [4.69, 9.17) is 5.73 Å². The number of aromatic amines is 1. The van der Waals surface area contributed by atoms with E-state index in [0.717, 1.165) is 5.56 Å². The molecule has 7 N–H and O–H groups in total. The van der Waals surface area contributed by atoms with Gasteiger partial charge in [-0.3, -0.25) is 14.4 Å². The van der Waals surface area contributed by atoms with E-state index in [2.05, 4.69) is 25.9 Å². The van der Waals surface area contributed by atoms with Crippen LogP contribution < -0.4 is 21.7 Å². The number of rotatable bonds is 13. The number of carboxylic acid groups (broad SMARTS) is 1. The van der Waals surface area contributed by atoms with Crippen molar-refractivity contribution < 1.29 is 24.3 Å². The van der Waals surface area contributed by atoms with Crippen LogP contribution in [0.5, 0.6) is 0 Å². The number of nitrogens with one attached hydrogen (secondary N) is 4. The smallest absolute Gasteiger partial charge is 0.326 e. The third kappa shape index (κ3) is 8.53. The summed E-state index contributed by atoms with van der Waals surface area (Å²) in [6.07, 6.45) is 3.61. The average Bonchev–Trinajstić information content (AvgIpc) is 3.34. The number of carbonyl (C=O) groups excluding carboxylic acids is 3. The Kier molecular flexibility index (Phi) is 10.4. The van der Waals surface area contributed by atoms with Gasteiger partial charge in [-0.25, -0.2) is 9.78 Å². The summed E-state index contributed by atoms with van der Waals surface area (Å²) in [5.74, 6) is -3.15. The summed E-state index contributed by atoms with van der Waals surface area (Å²) in [6.45, 7) is 5.20. The lowest BCUT2D eigenvalue weighted by molar-refractivity contribution is -0.142. The zero-order valence-corrected chi connectivity index (χ0v) is 20.2. The van der Waals surface area contributed by atoms with Crippen molar-refractivity contribution in [3.8, 4) is 0 Å². The lowest BCUT2D eigenvalue weighted by Gasteiger charge is -2.27. The van der Waals surface area contributed by atoms with E-state index in [1.54, 1.807) is 24.3 Å². The second-order valence-corrected chi connectivity index (χ2v) is 8.59. The number of hydrogen-bond acceptors (Lipinski definition) is 6. The molecular weight excluding hydrogens is 452 g/mol. The van der Waals surface area contributed by atoms with Gasteiger partial charge >= 0.3 is 5.97 Å².